The Morgan fingerprint density at radius 3 is 2.46 bits per heavy atom. The molecule has 0 spiro atoms. The summed E-state index contributed by atoms with van der Waals surface area (Å²) < 4.78 is 40.5. The second-order valence-corrected chi connectivity index (χ2v) is 5.64. The summed E-state index contributed by atoms with van der Waals surface area (Å²) in [6, 6.07) is 17.2. The van der Waals surface area contributed by atoms with Gasteiger partial charge >= 0.3 is 12.1 Å². The molecular weight excluding hydrogens is 343 g/mol. The molecule has 2 aromatic carbocycles. The van der Waals surface area contributed by atoms with E-state index in [1.807, 2.05) is 54.6 Å². The predicted molar refractivity (Wildman–Crippen MR) is 91.9 cm³/mol. The molecule has 136 valence electrons. The third kappa shape index (κ3) is 6.61. The summed E-state index contributed by atoms with van der Waals surface area (Å²) in [5.41, 5.74) is 8.21. The Morgan fingerprint density at radius 1 is 1.08 bits per heavy atom. The van der Waals surface area contributed by atoms with Crippen LogP contribution in [0, 0.1) is 11.8 Å². The molecule has 0 radical (unpaired) electrons. The van der Waals surface area contributed by atoms with Gasteiger partial charge in [0.2, 0.25) is 0 Å². The minimum Gasteiger partial charge on any atom is -0.440 e. The normalized spacial score (nSPS) is 12.0. The SMILES string of the molecule is NC(CCc1cccc(C#CCc2ccccc2)c1)OC(=O)C(F)(F)F. The van der Waals surface area contributed by atoms with Gasteiger partial charge in [0.05, 0.1) is 0 Å². The topological polar surface area (TPSA) is 52.3 Å². The molecule has 0 aliphatic carbocycles. The average molecular weight is 361 g/mol. The molecule has 0 amide bonds. The molecule has 2 aromatic rings. The van der Waals surface area contributed by atoms with E-state index < -0.39 is 18.4 Å². The van der Waals surface area contributed by atoms with Crippen LogP contribution in [0.2, 0.25) is 0 Å². The predicted octanol–water partition coefficient (Wildman–Crippen LogP) is 3.60. The number of hydrogen-bond donors (Lipinski definition) is 1. The number of nitrogens with two attached hydrogens (primary N) is 1. The van der Waals surface area contributed by atoms with Crippen molar-refractivity contribution in [2.24, 2.45) is 5.73 Å². The van der Waals surface area contributed by atoms with E-state index in [1.54, 1.807) is 0 Å². The van der Waals surface area contributed by atoms with Crippen LogP contribution < -0.4 is 5.73 Å². The first kappa shape index (κ1) is 19.5. The zero-order chi connectivity index (χ0) is 19.0. The zero-order valence-corrected chi connectivity index (χ0v) is 13.9. The molecule has 2 N–H and O–H groups in total. The third-order valence-corrected chi connectivity index (χ3v) is 3.50. The van der Waals surface area contributed by atoms with Crippen LogP contribution >= 0.6 is 0 Å². The molecule has 1 unspecified atom stereocenters. The van der Waals surface area contributed by atoms with Gasteiger partial charge in [-0.05, 0) is 29.7 Å². The fourth-order valence-corrected chi connectivity index (χ4v) is 2.22. The summed E-state index contributed by atoms with van der Waals surface area (Å²) >= 11 is 0. The number of carbonyl (C=O) groups excluding carboxylic acids is 1. The summed E-state index contributed by atoms with van der Waals surface area (Å²) in [5.74, 6) is 3.87. The molecule has 3 nitrogen and oxygen atoms in total. The van der Waals surface area contributed by atoms with E-state index in [2.05, 4.69) is 16.6 Å². The first-order chi connectivity index (χ1) is 12.3. The van der Waals surface area contributed by atoms with E-state index in [4.69, 9.17) is 5.73 Å². The summed E-state index contributed by atoms with van der Waals surface area (Å²) in [5, 5.41) is 0. The lowest BCUT2D eigenvalue weighted by Gasteiger charge is -2.14. The van der Waals surface area contributed by atoms with Gasteiger partial charge in [-0.2, -0.15) is 13.2 Å². The number of hydrogen-bond acceptors (Lipinski definition) is 3. The second-order valence-electron chi connectivity index (χ2n) is 5.64. The van der Waals surface area contributed by atoms with Crippen molar-refractivity contribution in [3.63, 3.8) is 0 Å². The van der Waals surface area contributed by atoms with Crippen LogP contribution in [0.25, 0.3) is 0 Å². The number of alkyl halides is 3. The molecule has 0 aliphatic heterocycles. The Labute approximate surface area is 150 Å². The van der Waals surface area contributed by atoms with Gasteiger partial charge in [0.1, 0.15) is 0 Å². The average Bonchev–Trinajstić information content (AvgIpc) is 2.60. The smallest absolute Gasteiger partial charge is 0.440 e. The summed E-state index contributed by atoms with van der Waals surface area (Å²) in [6.45, 7) is 0. The number of aryl methyl sites for hydroxylation is 1. The van der Waals surface area contributed by atoms with Crippen LogP contribution in [0.3, 0.4) is 0 Å². The van der Waals surface area contributed by atoms with Crippen molar-refractivity contribution in [2.45, 2.75) is 31.7 Å². The second kappa shape index (κ2) is 9.07. The number of carbonyl (C=O) groups is 1. The number of benzene rings is 2. The monoisotopic (exact) mass is 361 g/mol. The minimum absolute atomic E-state index is 0.0860. The molecule has 6 heteroatoms. The molecular formula is C20H18F3NO2. The third-order valence-electron chi connectivity index (χ3n) is 3.50. The van der Waals surface area contributed by atoms with E-state index in [9.17, 15) is 18.0 Å². The van der Waals surface area contributed by atoms with E-state index in [0.717, 1.165) is 16.7 Å². The van der Waals surface area contributed by atoms with Crippen LogP contribution in [0.1, 0.15) is 23.1 Å². The Morgan fingerprint density at radius 2 is 1.77 bits per heavy atom. The van der Waals surface area contributed by atoms with Gasteiger partial charge in [-0.15, -0.1) is 0 Å². The highest BCUT2D eigenvalue weighted by molar-refractivity contribution is 5.75. The van der Waals surface area contributed by atoms with Gasteiger partial charge < -0.3 is 4.74 Å². The largest absolute Gasteiger partial charge is 0.490 e. The standard InChI is InChI=1S/C20H18F3NO2/c21-20(22,23)19(25)26-18(24)13-12-17-11-5-10-16(14-17)9-4-8-15-6-2-1-3-7-15/h1-3,5-7,10-11,14,18H,8,12-13,24H2. The van der Waals surface area contributed by atoms with Gasteiger partial charge in [-0.3, -0.25) is 5.73 Å². The number of esters is 1. The van der Waals surface area contributed by atoms with E-state index >= 15 is 0 Å². The first-order valence-electron chi connectivity index (χ1n) is 8.00. The highest BCUT2D eigenvalue weighted by atomic mass is 19.4. The van der Waals surface area contributed by atoms with Crippen molar-refractivity contribution in [1.29, 1.82) is 0 Å². The molecule has 0 saturated heterocycles. The highest BCUT2D eigenvalue weighted by Gasteiger charge is 2.41. The maximum Gasteiger partial charge on any atom is 0.490 e. The van der Waals surface area contributed by atoms with Gasteiger partial charge in [-0.25, -0.2) is 4.79 Å². The Balaban J connectivity index is 1.88. The summed E-state index contributed by atoms with van der Waals surface area (Å²) in [4.78, 5) is 10.7. The molecule has 0 heterocycles. The number of halogens is 3. The van der Waals surface area contributed by atoms with Crippen molar-refractivity contribution >= 4 is 5.97 Å². The van der Waals surface area contributed by atoms with Crippen molar-refractivity contribution in [3.05, 3.63) is 71.3 Å². The molecule has 26 heavy (non-hydrogen) atoms. The molecule has 1 atom stereocenters. The Bertz CT molecular complexity index is 792. The van der Waals surface area contributed by atoms with Gasteiger partial charge in [0.15, 0.2) is 6.23 Å². The highest BCUT2D eigenvalue weighted by Crippen LogP contribution is 2.18. The molecule has 0 aromatic heterocycles. The lowest BCUT2D eigenvalue weighted by Crippen LogP contribution is -2.34. The van der Waals surface area contributed by atoms with Crippen LogP contribution in [0.4, 0.5) is 13.2 Å². The fraction of sp³-hybridized carbons (Fsp3) is 0.250. The number of rotatable bonds is 5. The fourth-order valence-electron chi connectivity index (χ4n) is 2.22. The summed E-state index contributed by atoms with van der Waals surface area (Å²) in [7, 11) is 0. The van der Waals surface area contributed by atoms with Crippen molar-refractivity contribution in [2.75, 3.05) is 0 Å². The van der Waals surface area contributed by atoms with Gasteiger partial charge in [-0.1, -0.05) is 54.3 Å². The van der Waals surface area contributed by atoms with Crippen LogP contribution in [-0.2, 0) is 22.4 Å². The molecule has 0 bridgehead atoms. The lowest BCUT2D eigenvalue weighted by molar-refractivity contribution is -0.204. The van der Waals surface area contributed by atoms with Crippen molar-refractivity contribution < 1.29 is 22.7 Å². The van der Waals surface area contributed by atoms with Crippen molar-refractivity contribution in [1.82, 2.24) is 0 Å². The van der Waals surface area contributed by atoms with Gasteiger partial charge in [0, 0.05) is 18.4 Å². The van der Waals surface area contributed by atoms with Crippen molar-refractivity contribution in [3.8, 4) is 11.8 Å². The van der Waals surface area contributed by atoms with Crippen LogP contribution in [0.15, 0.2) is 54.6 Å². The van der Waals surface area contributed by atoms with Crippen LogP contribution in [-0.4, -0.2) is 18.4 Å². The number of ether oxygens (including phenoxy) is 1. The lowest BCUT2D eigenvalue weighted by atomic mass is 10.1. The summed E-state index contributed by atoms with van der Waals surface area (Å²) in [6.07, 6.45) is -5.25. The molecule has 0 fully saturated rings. The van der Waals surface area contributed by atoms with E-state index in [1.165, 1.54) is 0 Å². The van der Waals surface area contributed by atoms with Gasteiger partial charge in [0.25, 0.3) is 0 Å². The Kier molecular flexibility index (Phi) is 6.81. The molecule has 0 saturated carbocycles. The van der Waals surface area contributed by atoms with E-state index in [-0.39, 0.29) is 6.42 Å². The minimum atomic E-state index is -5.04. The first-order valence-corrected chi connectivity index (χ1v) is 8.00. The van der Waals surface area contributed by atoms with E-state index in [0.29, 0.717) is 12.8 Å². The Hall–Kier alpha value is -2.78. The molecule has 2 rings (SSSR count). The maximum atomic E-state index is 12.1. The van der Waals surface area contributed by atoms with Crippen LogP contribution in [0.5, 0.6) is 0 Å². The maximum absolute atomic E-state index is 12.1. The quantitative estimate of drug-likeness (QED) is 0.503. The zero-order valence-electron chi connectivity index (χ0n) is 13.9. The molecule has 0 aliphatic rings.